The van der Waals surface area contributed by atoms with Crippen LogP contribution in [0.25, 0.3) is 0 Å². The molecule has 3 aliphatic rings. The van der Waals surface area contributed by atoms with Crippen LogP contribution >= 0.6 is 23.2 Å². The van der Waals surface area contributed by atoms with Crippen molar-refractivity contribution in [3.63, 3.8) is 0 Å². The molecule has 6 nitrogen and oxygen atoms in total. The fraction of sp³-hybridized carbons (Fsp3) is 0.412. The molecule has 3 amide bonds. The summed E-state index contributed by atoms with van der Waals surface area (Å²) in [6, 6.07) is 4.24. The van der Waals surface area contributed by atoms with Gasteiger partial charge in [0.25, 0.3) is 5.91 Å². The molecule has 2 atom stereocenters. The Morgan fingerprint density at radius 2 is 2.08 bits per heavy atom. The third kappa shape index (κ3) is 3.10. The van der Waals surface area contributed by atoms with E-state index in [1.807, 2.05) is 0 Å². The van der Waals surface area contributed by atoms with Gasteiger partial charge in [-0.05, 0) is 30.5 Å². The molecular weight excluding hydrogens is 365 g/mol. The number of amides is 3. The Labute approximate surface area is 155 Å². The van der Waals surface area contributed by atoms with E-state index in [1.54, 1.807) is 23.1 Å². The van der Waals surface area contributed by atoms with Gasteiger partial charge >= 0.3 is 6.03 Å². The number of carbonyl (C=O) groups is 2. The maximum absolute atomic E-state index is 12.9. The molecular formula is C17H17Cl2N3O3. The number of nitrogens with zero attached hydrogens (tertiary/aromatic N) is 1. The minimum Gasteiger partial charge on any atom is -0.376 e. The van der Waals surface area contributed by atoms with E-state index >= 15 is 0 Å². The van der Waals surface area contributed by atoms with Gasteiger partial charge in [-0.25, -0.2) is 4.79 Å². The van der Waals surface area contributed by atoms with Gasteiger partial charge in [-0.3, -0.25) is 4.79 Å². The first-order valence-corrected chi connectivity index (χ1v) is 8.95. The number of hydrogen-bond acceptors (Lipinski definition) is 3. The molecule has 0 aromatic heterocycles. The molecule has 8 heteroatoms. The van der Waals surface area contributed by atoms with Crippen molar-refractivity contribution >= 4 is 35.1 Å². The molecule has 25 heavy (non-hydrogen) atoms. The van der Waals surface area contributed by atoms with E-state index in [-0.39, 0.29) is 18.0 Å². The summed E-state index contributed by atoms with van der Waals surface area (Å²) < 4.78 is 5.63. The minimum atomic E-state index is -0.541. The second kappa shape index (κ2) is 6.52. The Morgan fingerprint density at radius 1 is 1.24 bits per heavy atom. The van der Waals surface area contributed by atoms with Crippen LogP contribution in [0, 0.1) is 0 Å². The summed E-state index contributed by atoms with van der Waals surface area (Å²) in [7, 11) is 0. The lowest BCUT2D eigenvalue weighted by Crippen LogP contribution is -2.44. The van der Waals surface area contributed by atoms with Gasteiger partial charge in [0.15, 0.2) is 0 Å². The van der Waals surface area contributed by atoms with E-state index in [9.17, 15) is 9.59 Å². The van der Waals surface area contributed by atoms with Crippen LogP contribution in [0.1, 0.15) is 24.4 Å². The first-order valence-electron chi connectivity index (χ1n) is 8.19. The number of halogens is 2. The van der Waals surface area contributed by atoms with Crippen molar-refractivity contribution in [3.05, 3.63) is 45.1 Å². The number of hydrogen-bond donors (Lipinski definition) is 2. The van der Waals surface area contributed by atoms with Crippen LogP contribution in [-0.2, 0) is 9.53 Å². The van der Waals surface area contributed by atoms with E-state index in [0.29, 0.717) is 34.4 Å². The SMILES string of the molecule is O=C1NC2=C(C(=O)N(C[C@H]3CCCO3)C2)[C@@H](c2ccc(Cl)c(Cl)c2)N1. The van der Waals surface area contributed by atoms with Crippen molar-refractivity contribution in [2.45, 2.75) is 25.0 Å². The Hall–Kier alpha value is -1.76. The molecule has 0 bridgehead atoms. The topological polar surface area (TPSA) is 70.7 Å². The first kappa shape index (κ1) is 16.7. The van der Waals surface area contributed by atoms with Crippen molar-refractivity contribution < 1.29 is 14.3 Å². The third-order valence-corrected chi connectivity index (χ3v) is 5.48. The van der Waals surface area contributed by atoms with Crippen LogP contribution in [0.2, 0.25) is 10.0 Å². The average Bonchev–Trinajstić information content (AvgIpc) is 3.18. The number of urea groups is 1. The van der Waals surface area contributed by atoms with E-state index in [2.05, 4.69) is 10.6 Å². The molecule has 0 unspecified atom stereocenters. The van der Waals surface area contributed by atoms with Gasteiger partial charge in [-0.15, -0.1) is 0 Å². The van der Waals surface area contributed by atoms with Crippen molar-refractivity contribution in [2.75, 3.05) is 19.7 Å². The molecule has 3 aliphatic heterocycles. The van der Waals surface area contributed by atoms with E-state index in [4.69, 9.17) is 27.9 Å². The second-order valence-corrected chi connectivity index (χ2v) is 7.23. The predicted molar refractivity (Wildman–Crippen MR) is 93.5 cm³/mol. The maximum Gasteiger partial charge on any atom is 0.319 e. The second-order valence-electron chi connectivity index (χ2n) is 6.42. The zero-order chi connectivity index (χ0) is 17.6. The number of benzene rings is 1. The highest BCUT2D eigenvalue weighted by molar-refractivity contribution is 6.42. The first-order chi connectivity index (χ1) is 12.0. The van der Waals surface area contributed by atoms with Gasteiger partial charge < -0.3 is 20.3 Å². The largest absolute Gasteiger partial charge is 0.376 e. The van der Waals surface area contributed by atoms with Crippen LogP contribution in [0.15, 0.2) is 29.5 Å². The number of carbonyl (C=O) groups excluding carboxylic acids is 2. The number of rotatable bonds is 3. The Bertz CT molecular complexity index is 774. The van der Waals surface area contributed by atoms with Crippen LogP contribution in [0.3, 0.4) is 0 Å². The van der Waals surface area contributed by atoms with Gasteiger partial charge in [-0.2, -0.15) is 0 Å². The molecule has 4 rings (SSSR count). The summed E-state index contributed by atoms with van der Waals surface area (Å²) >= 11 is 12.1. The lowest BCUT2D eigenvalue weighted by Gasteiger charge is -2.26. The van der Waals surface area contributed by atoms with E-state index < -0.39 is 6.04 Å². The summed E-state index contributed by atoms with van der Waals surface area (Å²) in [5.74, 6) is -0.0888. The van der Waals surface area contributed by atoms with Crippen molar-refractivity contribution in [3.8, 4) is 0 Å². The molecule has 0 saturated carbocycles. The highest BCUT2D eigenvalue weighted by atomic mass is 35.5. The fourth-order valence-electron chi connectivity index (χ4n) is 3.55. The van der Waals surface area contributed by atoms with Gasteiger partial charge in [0.2, 0.25) is 0 Å². The molecule has 1 fully saturated rings. The Balaban J connectivity index is 1.62. The molecule has 0 spiro atoms. The highest BCUT2D eigenvalue weighted by Crippen LogP contribution is 2.35. The lowest BCUT2D eigenvalue weighted by atomic mass is 9.96. The normalized spacial score (nSPS) is 25.9. The highest BCUT2D eigenvalue weighted by Gasteiger charge is 2.41. The van der Waals surface area contributed by atoms with Crippen LogP contribution < -0.4 is 10.6 Å². The number of ether oxygens (including phenoxy) is 1. The van der Waals surface area contributed by atoms with Gasteiger partial charge in [0, 0.05) is 13.2 Å². The average molecular weight is 382 g/mol. The fourth-order valence-corrected chi connectivity index (χ4v) is 3.86. The van der Waals surface area contributed by atoms with Crippen molar-refractivity contribution in [2.24, 2.45) is 0 Å². The smallest absolute Gasteiger partial charge is 0.319 e. The molecule has 0 aliphatic carbocycles. The van der Waals surface area contributed by atoms with Crippen LogP contribution in [-0.4, -0.2) is 42.6 Å². The van der Waals surface area contributed by atoms with E-state index in [0.717, 1.165) is 25.0 Å². The predicted octanol–water partition coefficient (Wildman–Crippen LogP) is 2.62. The summed E-state index contributed by atoms with van der Waals surface area (Å²) in [5, 5.41) is 6.38. The lowest BCUT2D eigenvalue weighted by molar-refractivity contribution is -0.127. The van der Waals surface area contributed by atoms with Gasteiger partial charge in [0.1, 0.15) is 0 Å². The zero-order valence-corrected chi connectivity index (χ0v) is 14.9. The molecule has 132 valence electrons. The maximum atomic E-state index is 12.9. The monoisotopic (exact) mass is 381 g/mol. The summed E-state index contributed by atoms with van der Waals surface area (Å²) in [5.41, 5.74) is 1.92. The van der Waals surface area contributed by atoms with Crippen LogP contribution in [0.4, 0.5) is 4.79 Å². The molecule has 0 radical (unpaired) electrons. The van der Waals surface area contributed by atoms with Crippen molar-refractivity contribution in [1.82, 2.24) is 15.5 Å². The molecule has 3 heterocycles. The quantitative estimate of drug-likeness (QED) is 0.845. The summed E-state index contributed by atoms with van der Waals surface area (Å²) in [6.07, 6.45) is 2.04. The van der Waals surface area contributed by atoms with Gasteiger partial charge in [0.05, 0.1) is 40.0 Å². The Kier molecular flexibility index (Phi) is 4.35. The van der Waals surface area contributed by atoms with Gasteiger partial charge in [-0.1, -0.05) is 29.3 Å². The molecule has 2 N–H and O–H groups in total. The van der Waals surface area contributed by atoms with Crippen LogP contribution in [0.5, 0.6) is 0 Å². The van der Waals surface area contributed by atoms with E-state index in [1.165, 1.54) is 0 Å². The third-order valence-electron chi connectivity index (χ3n) is 4.75. The Morgan fingerprint density at radius 3 is 2.80 bits per heavy atom. The zero-order valence-electron chi connectivity index (χ0n) is 13.4. The molecule has 1 aromatic carbocycles. The summed E-state index contributed by atoms with van der Waals surface area (Å²) in [6.45, 7) is 1.67. The van der Waals surface area contributed by atoms with Crippen molar-refractivity contribution in [1.29, 1.82) is 0 Å². The standard InChI is InChI=1S/C17H17Cl2N3O3/c18-11-4-3-9(6-12(11)19)15-14-13(20-17(24)21-15)8-22(16(14)23)7-10-2-1-5-25-10/h3-4,6,10,15H,1-2,5,7-8H2,(H2,20,21,24)/t10-,15-/m1/s1. The minimum absolute atomic E-state index is 0.0670. The molecule has 1 saturated heterocycles. The molecule has 1 aromatic rings. The summed E-state index contributed by atoms with van der Waals surface area (Å²) in [4.78, 5) is 26.7. The number of nitrogens with one attached hydrogen (secondary N) is 2.